The van der Waals surface area contributed by atoms with Gasteiger partial charge in [0.2, 0.25) is 5.82 Å². The molecule has 0 aliphatic rings. The van der Waals surface area contributed by atoms with Gasteiger partial charge in [0.15, 0.2) is 5.82 Å². The summed E-state index contributed by atoms with van der Waals surface area (Å²) in [6, 6.07) is 9.42. The molecule has 0 fully saturated rings. The third kappa shape index (κ3) is 4.80. The Bertz CT molecular complexity index is 939. The van der Waals surface area contributed by atoms with Crippen molar-refractivity contribution in [1.82, 2.24) is 20.1 Å². The lowest BCUT2D eigenvalue weighted by Gasteiger charge is -2.04. The summed E-state index contributed by atoms with van der Waals surface area (Å²) in [7, 11) is 0. The number of rotatable bonds is 8. The maximum atomic E-state index is 13.2. The van der Waals surface area contributed by atoms with E-state index in [0.29, 0.717) is 18.1 Å². The van der Waals surface area contributed by atoms with Crippen molar-refractivity contribution in [2.24, 2.45) is 0 Å². The van der Waals surface area contributed by atoms with Gasteiger partial charge in [-0.25, -0.2) is 14.1 Å². The molecule has 0 bridgehead atoms. The van der Waals surface area contributed by atoms with Crippen LogP contribution in [0.3, 0.4) is 0 Å². The molecular formula is C19H19FN4O3S. The van der Waals surface area contributed by atoms with Crippen LogP contribution < -0.4 is 5.32 Å². The average Bonchev–Trinajstić information content (AvgIpc) is 3.36. The lowest BCUT2D eigenvalue weighted by molar-refractivity contribution is -0.142. The first-order valence-electron chi connectivity index (χ1n) is 8.79. The highest BCUT2D eigenvalue weighted by molar-refractivity contribution is 7.13. The van der Waals surface area contributed by atoms with E-state index in [4.69, 9.17) is 4.74 Å². The monoisotopic (exact) mass is 402 g/mol. The van der Waals surface area contributed by atoms with E-state index in [9.17, 15) is 14.0 Å². The Morgan fingerprint density at radius 2 is 2.04 bits per heavy atom. The zero-order valence-electron chi connectivity index (χ0n) is 15.2. The van der Waals surface area contributed by atoms with E-state index in [1.165, 1.54) is 28.2 Å². The Labute approximate surface area is 165 Å². The van der Waals surface area contributed by atoms with Crippen LogP contribution in [0.4, 0.5) is 4.39 Å². The fourth-order valence-electron chi connectivity index (χ4n) is 2.35. The predicted octanol–water partition coefficient (Wildman–Crippen LogP) is 3.21. The molecule has 1 aromatic carbocycles. The molecule has 7 nitrogen and oxygen atoms in total. The normalized spacial score (nSPS) is 10.6. The van der Waals surface area contributed by atoms with Crippen molar-refractivity contribution >= 4 is 23.2 Å². The van der Waals surface area contributed by atoms with Crippen LogP contribution in [0.25, 0.3) is 16.4 Å². The van der Waals surface area contributed by atoms with Crippen molar-refractivity contribution in [3.63, 3.8) is 0 Å². The van der Waals surface area contributed by atoms with Gasteiger partial charge >= 0.3 is 5.97 Å². The molecule has 9 heteroatoms. The predicted molar refractivity (Wildman–Crippen MR) is 103 cm³/mol. The Hall–Kier alpha value is -3.07. The summed E-state index contributed by atoms with van der Waals surface area (Å²) in [4.78, 5) is 29.1. The van der Waals surface area contributed by atoms with Crippen LogP contribution >= 0.6 is 11.3 Å². The number of thiophene rings is 1. The third-order valence-corrected chi connectivity index (χ3v) is 4.64. The number of carbonyl (C=O) groups is 2. The molecule has 3 rings (SSSR count). The summed E-state index contributed by atoms with van der Waals surface area (Å²) in [5, 5.41) is 8.59. The second kappa shape index (κ2) is 9.23. The van der Waals surface area contributed by atoms with E-state index in [1.54, 1.807) is 12.1 Å². The smallest absolute Gasteiger partial charge is 0.325 e. The fourth-order valence-corrected chi connectivity index (χ4v) is 3.05. The zero-order chi connectivity index (χ0) is 19.9. The molecule has 0 atom stereocenters. The number of carbonyl (C=O) groups excluding carboxylic acids is 2. The van der Waals surface area contributed by atoms with Gasteiger partial charge in [-0.15, -0.1) is 16.4 Å². The minimum atomic E-state index is -0.592. The molecule has 146 valence electrons. The first-order chi connectivity index (χ1) is 13.6. The van der Waals surface area contributed by atoms with Crippen LogP contribution in [0.5, 0.6) is 0 Å². The van der Waals surface area contributed by atoms with Crippen LogP contribution in [0.15, 0.2) is 41.8 Å². The molecule has 1 amide bonds. The standard InChI is InChI=1S/C19H19FN4O3S/c1-2-3-10-27-16(25)12-21-19(26)17-22-18(15-5-4-11-28-15)24(23-17)14-8-6-13(20)7-9-14/h4-9,11H,2-3,10,12H2,1H3,(H,21,26). The van der Waals surface area contributed by atoms with E-state index < -0.39 is 11.9 Å². The van der Waals surface area contributed by atoms with Gasteiger partial charge in [-0.1, -0.05) is 19.4 Å². The minimum absolute atomic E-state index is 0.0888. The highest BCUT2D eigenvalue weighted by Gasteiger charge is 2.20. The molecule has 0 unspecified atom stereocenters. The summed E-state index contributed by atoms with van der Waals surface area (Å²) in [5.41, 5.74) is 0.565. The van der Waals surface area contributed by atoms with Crippen LogP contribution in [-0.4, -0.2) is 39.8 Å². The molecule has 2 aromatic heterocycles. The van der Waals surface area contributed by atoms with Gasteiger partial charge in [0.05, 0.1) is 17.2 Å². The number of benzene rings is 1. The van der Waals surface area contributed by atoms with Gasteiger partial charge in [0.25, 0.3) is 5.91 Å². The lowest BCUT2D eigenvalue weighted by atomic mass is 10.3. The highest BCUT2D eigenvalue weighted by Crippen LogP contribution is 2.25. The topological polar surface area (TPSA) is 86.1 Å². The summed E-state index contributed by atoms with van der Waals surface area (Å²) in [6.07, 6.45) is 1.68. The Morgan fingerprint density at radius 1 is 1.25 bits per heavy atom. The molecule has 28 heavy (non-hydrogen) atoms. The maximum absolute atomic E-state index is 13.2. The van der Waals surface area contributed by atoms with Gasteiger partial charge in [-0.2, -0.15) is 0 Å². The Morgan fingerprint density at radius 3 is 2.71 bits per heavy atom. The number of esters is 1. The third-order valence-electron chi connectivity index (χ3n) is 3.78. The molecule has 0 saturated carbocycles. The van der Waals surface area contributed by atoms with Gasteiger partial charge in [0.1, 0.15) is 12.4 Å². The molecule has 0 aliphatic heterocycles. The van der Waals surface area contributed by atoms with Crippen molar-refractivity contribution < 1.29 is 18.7 Å². The van der Waals surface area contributed by atoms with Crippen LogP contribution in [-0.2, 0) is 9.53 Å². The van der Waals surface area contributed by atoms with Crippen molar-refractivity contribution in [2.45, 2.75) is 19.8 Å². The van der Waals surface area contributed by atoms with Crippen molar-refractivity contribution in [1.29, 1.82) is 0 Å². The number of ether oxygens (including phenoxy) is 1. The Balaban J connectivity index is 1.78. The molecule has 0 saturated heterocycles. The first-order valence-corrected chi connectivity index (χ1v) is 9.67. The molecule has 0 radical (unpaired) electrons. The molecule has 3 aromatic rings. The number of nitrogens with zero attached hydrogens (tertiary/aromatic N) is 3. The van der Waals surface area contributed by atoms with Gasteiger partial charge < -0.3 is 10.1 Å². The second-order valence-corrected chi connectivity index (χ2v) is 6.83. The molecular weight excluding hydrogens is 383 g/mol. The number of nitrogens with one attached hydrogen (secondary N) is 1. The summed E-state index contributed by atoms with van der Waals surface area (Å²) in [5.74, 6) is -1.11. The summed E-state index contributed by atoms with van der Waals surface area (Å²) in [6.45, 7) is 2.05. The largest absolute Gasteiger partial charge is 0.464 e. The van der Waals surface area contributed by atoms with E-state index in [1.807, 2.05) is 24.4 Å². The number of halogens is 1. The molecule has 1 N–H and O–H groups in total. The quantitative estimate of drug-likeness (QED) is 0.462. The molecule has 0 aliphatic carbocycles. The van der Waals surface area contributed by atoms with Gasteiger partial charge in [-0.3, -0.25) is 9.59 Å². The second-order valence-electron chi connectivity index (χ2n) is 5.88. The van der Waals surface area contributed by atoms with E-state index >= 15 is 0 Å². The SMILES string of the molecule is CCCCOC(=O)CNC(=O)c1nc(-c2cccs2)n(-c2ccc(F)cc2)n1. The first kappa shape index (κ1) is 19.7. The van der Waals surface area contributed by atoms with Crippen LogP contribution in [0.2, 0.25) is 0 Å². The van der Waals surface area contributed by atoms with Crippen molar-refractivity contribution in [3.8, 4) is 16.4 Å². The van der Waals surface area contributed by atoms with Gasteiger partial charge in [0, 0.05) is 0 Å². The molecule has 2 heterocycles. The highest BCUT2D eigenvalue weighted by atomic mass is 32.1. The number of hydrogen-bond donors (Lipinski definition) is 1. The van der Waals surface area contributed by atoms with Crippen molar-refractivity contribution in [3.05, 3.63) is 53.4 Å². The van der Waals surface area contributed by atoms with Crippen LogP contribution in [0.1, 0.15) is 30.4 Å². The zero-order valence-corrected chi connectivity index (χ0v) is 16.0. The van der Waals surface area contributed by atoms with Gasteiger partial charge in [-0.05, 0) is 42.1 Å². The van der Waals surface area contributed by atoms with Crippen molar-refractivity contribution in [2.75, 3.05) is 13.2 Å². The number of hydrogen-bond acceptors (Lipinski definition) is 6. The summed E-state index contributed by atoms with van der Waals surface area (Å²) < 4.78 is 19.7. The number of amides is 1. The molecule has 0 spiro atoms. The van der Waals surface area contributed by atoms with E-state index in [-0.39, 0.29) is 18.2 Å². The fraction of sp³-hybridized carbons (Fsp3) is 0.263. The maximum Gasteiger partial charge on any atom is 0.325 e. The Kier molecular flexibility index (Phi) is 6.49. The van der Waals surface area contributed by atoms with Crippen LogP contribution in [0, 0.1) is 5.82 Å². The minimum Gasteiger partial charge on any atom is -0.464 e. The summed E-state index contributed by atoms with van der Waals surface area (Å²) >= 11 is 1.44. The number of aromatic nitrogens is 3. The lowest BCUT2D eigenvalue weighted by Crippen LogP contribution is -2.31. The average molecular weight is 402 g/mol. The van der Waals surface area contributed by atoms with E-state index in [0.717, 1.165) is 17.7 Å². The van der Waals surface area contributed by atoms with E-state index in [2.05, 4.69) is 15.4 Å². The number of unbranched alkanes of at least 4 members (excludes halogenated alkanes) is 1.